The van der Waals surface area contributed by atoms with Crippen LogP contribution in [0.4, 0.5) is 0 Å². The first-order valence-corrected chi connectivity index (χ1v) is 5.12. The van der Waals surface area contributed by atoms with Crippen molar-refractivity contribution < 1.29 is 0 Å². The van der Waals surface area contributed by atoms with Gasteiger partial charge in [-0.25, -0.2) is 0 Å². The molecule has 3 nitrogen and oxygen atoms in total. The molecule has 0 radical (unpaired) electrons. The molecule has 1 aliphatic carbocycles. The number of H-pyrrole nitrogens is 1. The molecular formula is C9H15N3S. The van der Waals surface area contributed by atoms with Crippen LogP contribution in [0.3, 0.4) is 0 Å². The average molecular weight is 197 g/mol. The minimum atomic E-state index is 0.823. The molecule has 0 amide bonds. The van der Waals surface area contributed by atoms with Gasteiger partial charge in [-0.2, -0.15) is 0 Å². The molecule has 2 rings (SSSR count). The van der Waals surface area contributed by atoms with Crippen LogP contribution in [0.5, 0.6) is 0 Å². The number of nitrogens with zero attached hydrogens (tertiary/aromatic N) is 2. The van der Waals surface area contributed by atoms with Crippen LogP contribution in [0, 0.1) is 4.77 Å². The molecule has 1 fully saturated rings. The summed E-state index contributed by atoms with van der Waals surface area (Å²) in [5, 5.41) is 0. The monoisotopic (exact) mass is 197 g/mol. The van der Waals surface area contributed by atoms with E-state index in [0.717, 1.165) is 23.9 Å². The molecule has 13 heavy (non-hydrogen) atoms. The zero-order chi connectivity index (χ0) is 9.26. The van der Waals surface area contributed by atoms with Crippen LogP contribution in [0.25, 0.3) is 0 Å². The molecule has 0 aliphatic heterocycles. The second kappa shape index (κ2) is 3.64. The molecule has 1 heterocycles. The van der Waals surface area contributed by atoms with Crippen molar-refractivity contribution in [1.82, 2.24) is 14.5 Å². The predicted octanol–water partition coefficient (Wildman–Crippen LogP) is 1.64. The fraction of sp³-hybridized carbons (Fsp3) is 0.667. The van der Waals surface area contributed by atoms with Crippen LogP contribution >= 0.6 is 12.2 Å². The summed E-state index contributed by atoms with van der Waals surface area (Å²) < 4.78 is 2.90. The number of hydrogen-bond acceptors (Lipinski definition) is 2. The highest BCUT2D eigenvalue weighted by atomic mass is 32.1. The van der Waals surface area contributed by atoms with E-state index in [9.17, 15) is 0 Å². The molecular weight excluding hydrogens is 182 g/mol. The molecule has 1 saturated carbocycles. The normalized spacial score (nSPS) is 16.8. The number of hydrogen-bond donors (Lipinski definition) is 1. The molecule has 1 aromatic heterocycles. The van der Waals surface area contributed by atoms with Crippen LogP contribution in [0.1, 0.15) is 12.8 Å². The zero-order valence-corrected chi connectivity index (χ0v) is 8.68. The van der Waals surface area contributed by atoms with Gasteiger partial charge in [0.2, 0.25) is 0 Å². The lowest BCUT2D eigenvalue weighted by molar-refractivity contribution is 0.308. The summed E-state index contributed by atoms with van der Waals surface area (Å²) in [5.74, 6) is 0. The highest BCUT2D eigenvalue weighted by Crippen LogP contribution is 2.24. The van der Waals surface area contributed by atoms with Crippen molar-refractivity contribution in [2.45, 2.75) is 25.4 Å². The van der Waals surface area contributed by atoms with Gasteiger partial charge in [-0.15, -0.1) is 0 Å². The Morgan fingerprint density at radius 1 is 1.69 bits per heavy atom. The molecule has 0 aromatic carbocycles. The van der Waals surface area contributed by atoms with Gasteiger partial charge < -0.3 is 14.5 Å². The van der Waals surface area contributed by atoms with Gasteiger partial charge in [0, 0.05) is 31.5 Å². The van der Waals surface area contributed by atoms with Crippen molar-refractivity contribution in [3.63, 3.8) is 0 Å². The molecule has 1 aliphatic rings. The minimum Gasteiger partial charge on any atom is -0.337 e. The van der Waals surface area contributed by atoms with Crippen LogP contribution in [-0.2, 0) is 6.54 Å². The number of aromatic nitrogens is 2. The Morgan fingerprint density at radius 2 is 2.46 bits per heavy atom. The molecule has 0 bridgehead atoms. The van der Waals surface area contributed by atoms with E-state index in [1.54, 1.807) is 0 Å². The largest absolute Gasteiger partial charge is 0.337 e. The van der Waals surface area contributed by atoms with E-state index in [2.05, 4.69) is 21.5 Å². The van der Waals surface area contributed by atoms with Gasteiger partial charge in [-0.3, -0.25) is 0 Å². The molecule has 4 heteroatoms. The van der Waals surface area contributed by atoms with Gasteiger partial charge in [-0.05, 0) is 32.1 Å². The van der Waals surface area contributed by atoms with Crippen molar-refractivity contribution in [3.05, 3.63) is 17.2 Å². The van der Waals surface area contributed by atoms with E-state index in [0.29, 0.717) is 0 Å². The third kappa shape index (κ3) is 2.19. The van der Waals surface area contributed by atoms with Crippen LogP contribution in [0.15, 0.2) is 12.4 Å². The maximum atomic E-state index is 5.11. The Hall–Kier alpha value is -0.610. The molecule has 0 unspecified atom stereocenters. The van der Waals surface area contributed by atoms with Crippen molar-refractivity contribution in [1.29, 1.82) is 0 Å². The smallest absolute Gasteiger partial charge is 0.177 e. The molecule has 0 atom stereocenters. The van der Waals surface area contributed by atoms with Crippen molar-refractivity contribution in [2.75, 3.05) is 13.6 Å². The SMILES string of the molecule is CN(CCn1cc[nH]c1=S)C1CC1. The maximum absolute atomic E-state index is 5.11. The van der Waals surface area contributed by atoms with Crippen LogP contribution in [-0.4, -0.2) is 34.1 Å². The molecule has 72 valence electrons. The van der Waals surface area contributed by atoms with Crippen molar-refractivity contribution >= 4 is 12.2 Å². The number of likely N-dealkylation sites (N-methyl/N-ethyl adjacent to an activating group) is 1. The average Bonchev–Trinajstić information content (AvgIpc) is 2.88. The topological polar surface area (TPSA) is 24.0 Å². The zero-order valence-electron chi connectivity index (χ0n) is 7.86. The lowest BCUT2D eigenvalue weighted by Gasteiger charge is -2.15. The Morgan fingerprint density at radius 3 is 3.00 bits per heavy atom. The van der Waals surface area contributed by atoms with Crippen molar-refractivity contribution in [3.8, 4) is 0 Å². The van der Waals surface area contributed by atoms with E-state index in [1.807, 2.05) is 12.4 Å². The second-order valence-corrected chi connectivity index (χ2v) is 4.06. The standard InChI is InChI=1S/C9H15N3S/c1-11(8-2-3-8)6-7-12-5-4-10-9(12)13/h4-5,8H,2-3,6-7H2,1H3,(H,10,13). The van der Waals surface area contributed by atoms with E-state index < -0.39 is 0 Å². The Labute approximate surface area is 83.4 Å². The summed E-state index contributed by atoms with van der Waals surface area (Å²) in [6, 6.07) is 0.841. The molecule has 1 aromatic rings. The summed E-state index contributed by atoms with van der Waals surface area (Å²) in [5.41, 5.74) is 0. The third-order valence-corrected chi connectivity index (χ3v) is 2.94. The summed E-state index contributed by atoms with van der Waals surface area (Å²) in [7, 11) is 2.19. The minimum absolute atomic E-state index is 0.823. The summed E-state index contributed by atoms with van der Waals surface area (Å²) in [6.07, 6.45) is 6.63. The van der Waals surface area contributed by atoms with Crippen LogP contribution in [0.2, 0.25) is 0 Å². The Balaban J connectivity index is 1.85. The quantitative estimate of drug-likeness (QED) is 0.742. The van der Waals surface area contributed by atoms with Gasteiger partial charge in [0.1, 0.15) is 0 Å². The Bertz CT molecular complexity index is 324. The predicted molar refractivity (Wildman–Crippen MR) is 55.3 cm³/mol. The highest BCUT2D eigenvalue weighted by molar-refractivity contribution is 7.71. The summed E-state index contributed by atoms with van der Waals surface area (Å²) in [4.78, 5) is 5.41. The number of aromatic amines is 1. The highest BCUT2D eigenvalue weighted by Gasteiger charge is 2.25. The van der Waals surface area contributed by atoms with Gasteiger partial charge in [0.05, 0.1) is 0 Å². The number of imidazole rings is 1. The molecule has 0 saturated heterocycles. The first-order valence-electron chi connectivity index (χ1n) is 4.71. The van der Waals surface area contributed by atoms with E-state index in [-0.39, 0.29) is 0 Å². The summed E-state index contributed by atoms with van der Waals surface area (Å²) in [6.45, 7) is 2.09. The van der Waals surface area contributed by atoms with E-state index in [4.69, 9.17) is 12.2 Å². The fourth-order valence-electron chi connectivity index (χ4n) is 1.49. The molecule has 1 N–H and O–H groups in total. The lowest BCUT2D eigenvalue weighted by Crippen LogP contribution is -2.25. The van der Waals surface area contributed by atoms with E-state index >= 15 is 0 Å². The third-order valence-electron chi connectivity index (χ3n) is 2.59. The second-order valence-electron chi connectivity index (χ2n) is 3.67. The fourth-order valence-corrected chi connectivity index (χ4v) is 1.71. The van der Waals surface area contributed by atoms with Gasteiger partial charge in [0.25, 0.3) is 0 Å². The number of rotatable bonds is 4. The molecule has 0 spiro atoms. The first kappa shape index (κ1) is 8.97. The number of nitrogens with one attached hydrogen (secondary N) is 1. The van der Waals surface area contributed by atoms with Gasteiger partial charge in [-0.1, -0.05) is 0 Å². The Kier molecular flexibility index (Phi) is 2.51. The van der Waals surface area contributed by atoms with Crippen LogP contribution < -0.4 is 0 Å². The maximum Gasteiger partial charge on any atom is 0.177 e. The van der Waals surface area contributed by atoms with E-state index in [1.165, 1.54) is 12.8 Å². The lowest BCUT2D eigenvalue weighted by atomic mass is 10.5. The van der Waals surface area contributed by atoms with Crippen molar-refractivity contribution in [2.24, 2.45) is 0 Å². The van der Waals surface area contributed by atoms with Gasteiger partial charge in [0.15, 0.2) is 4.77 Å². The van der Waals surface area contributed by atoms with Gasteiger partial charge >= 0.3 is 0 Å². The first-order chi connectivity index (χ1) is 6.27. The summed E-state index contributed by atoms with van der Waals surface area (Å²) >= 11 is 5.11.